The number of nitrogens with one attached hydrogen (secondary N) is 1. The summed E-state index contributed by atoms with van der Waals surface area (Å²) >= 11 is 3.48. The summed E-state index contributed by atoms with van der Waals surface area (Å²) in [6.45, 7) is 4.09. The smallest absolute Gasteiger partial charge is 0.140 e. The Morgan fingerprint density at radius 3 is 2.32 bits per heavy atom. The molecule has 2 aromatic carbocycles. The van der Waals surface area contributed by atoms with Crippen LogP contribution in [0, 0.1) is 25.2 Å². The number of hydrogen-bond donors (Lipinski definition) is 1. The van der Waals surface area contributed by atoms with Crippen LogP contribution in [0.25, 0.3) is 0 Å². The second-order valence-electron chi connectivity index (χ2n) is 4.61. The maximum absolute atomic E-state index is 9.39. The van der Waals surface area contributed by atoms with Crippen molar-refractivity contribution in [1.82, 2.24) is 0 Å². The SMILES string of the molecule is Cc1cc(C)cc(C(C#N)Nc2ccccc2Br)c1. The molecule has 0 heterocycles. The quantitative estimate of drug-likeness (QED) is 0.888. The molecule has 0 amide bonds. The van der Waals surface area contributed by atoms with Gasteiger partial charge in [0, 0.05) is 10.2 Å². The number of anilines is 1. The van der Waals surface area contributed by atoms with E-state index < -0.39 is 0 Å². The Labute approximate surface area is 122 Å². The topological polar surface area (TPSA) is 35.8 Å². The van der Waals surface area contributed by atoms with Crippen LogP contribution < -0.4 is 5.32 Å². The fourth-order valence-corrected chi connectivity index (χ4v) is 2.50. The third-order valence-corrected chi connectivity index (χ3v) is 3.57. The van der Waals surface area contributed by atoms with Crippen LogP contribution in [0.1, 0.15) is 22.7 Å². The Kier molecular flexibility index (Phi) is 4.24. The molecule has 0 saturated carbocycles. The number of halogens is 1. The Hall–Kier alpha value is -1.79. The van der Waals surface area contributed by atoms with E-state index in [2.05, 4.69) is 33.4 Å². The average molecular weight is 315 g/mol. The van der Waals surface area contributed by atoms with Gasteiger partial charge in [0.05, 0.1) is 6.07 Å². The van der Waals surface area contributed by atoms with Crippen molar-refractivity contribution in [3.05, 3.63) is 63.6 Å². The lowest BCUT2D eigenvalue weighted by Gasteiger charge is -2.15. The maximum Gasteiger partial charge on any atom is 0.140 e. The molecular formula is C16H15BrN2. The van der Waals surface area contributed by atoms with Crippen LogP contribution in [-0.2, 0) is 0 Å². The molecule has 2 aromatic rings. The van der Waals surface area contributed by atoms with Gasteiger partial charge in [-0.15, -0.1) is 0 Å². The van der Waals surface area contributed by atoms with E-state index in [0.29, 0.717) is 0 Å². The molecule has 0 spiro atoms. The van der Waals surface area contributed by atoms with Gasteiger partial charge in [0.25, 0.3) is 0 Å². The first kappa shape index (κ1) is 13.6. The summed E-state index contributed by atoms with van der Waals surface area (Å²) in [6.07, 6.45) is 0. The molecule has 0 saturated heterocycles. The van der Waals surface area contributed by atoms with Crippen molar-refractivity contribution in [2.24, 2.45) is 0 Å². The van der Waals surface area contributed by atoms with Gasteiger partial charge in [-0.3, -0.25) is 0 Å². The minimum Gasteiger partial charge on any atom is -0.365 e. The molecule has 0 radical (unpaired) electrons. The molecule has 0 aliphatic carbocycles. The molecule has 1 unspecified atom stereocenters. The second-order valence-corrected chi connectivity index (χ2v) is 5.46. The van der Waals surface area contributed by atoms with Crippen molar-refractivity contribution < 1.29 is 0 Å². The lowest BCUT2D eigenvalue weighted by molar-refractivity contribution is 0.989. The van der Waals surface area contributed by atoms with Gasteiger partial charge in [-0.05, 0) is 47.5 Å². The van der Waals surface area contributed by atoms with E-state index in [1.807, 2.05) is 50.2 Å². The lowest BCUT2D eigenvalue weighted by atomic mass is 10.0. The van der Waals surface area contributed by atoms with Crippen molar-refractivity contribution >= 4 is 21.6 Å². The molecule has 0 bridgehead atoms. The van der Waals surface area contributed by atoms with E-state index in [4.69, 9.17) is 0 Å². The van der Waals surface area contributed by atoms with Gasteiger partial charge in [-0.2, -0.15) is 5.26 Å². The zero-order chi connectivity index (χ0) is 13.8. The molecule has 19 heavy (non-hydrogen) atoms. The predicted molar refractivity (Wildman–Crippen MR) is 82.0 cm³/mol. The number of para-hydroxylation sites is 1. The van der Waals surface area contributed by atoms with Gasteiger partial charge in [-0.25, -0.2) is 0 Å². The summed E-state index contributed by atoms with van der Waals surface area (Å²) in [5.74, 6) is 0. The Morgan fingerprint density at radius 1 is 1.11 bits per heavy atom. The Bertz CT molecular complexity index is 609. The zero-order valence-corrected chi connectivity index (χ0v) is 12.5. The molecule has 1 N–H and O–H groups in total. The fourth-order valence-electron chi connectivity index (χ4n) is 2.10. The summed E-state index contributed by atoms with van der Waals surface area (Å²) < 4.78 is 0.958. The highest BCUT2D eigenvalue weighted by atomic mass is 79.9. The number of hydrogen-bond acceptors (Lipinski definition) is 2. The van der Waals surface area contributed by atoms with Gasteiger partial charge >= 0.3 is 0 Å². The summed E-state index contributed by atoms with van der Waals surface area (Å²) in [7, 11) is 0. The number of benzene rings is 2. The number of nitrogens with zero attached hydrogens (tertiary/aromatic N) is 1. The molecule has 1 atom stereocenters. The molecule has 0 fully saturated rings. The molecular weight excluding hydrogens is 300 g/mol. The van der Waals surface area contributed by atoms with Crippen molar-refractivity contribution in [3.63, 3.8) is 0 Å². The van der Waals surface area contributed by atoms with Crippen LogP contribution in [0.15, 0.2) is 46.9 Å². The standard InChI is InChI=1S/C16H15BrN2/c1-11-7-12(2)9-13(8-11)16(10-18)19-15-6-4-3-5-14(15)17/h3-9,16,19H,1-2H3. The highest BCUT2D eigenvalue weighted by molar-refractivity contribution is 9.10. The molecule has 0 aliphatic rings. The third-order valence-electron chi connectivity index (χ3n) is 2.88. The number of aryl methyl sites for hydroxylation is 2. The van der Waals surface area contributed by atoms with Crippen molar-refractivity contribution in [3.8, 4) is 6.07 Å². The van der Waals surface area contributed by atoms with Gasteiger partial charge in [0.2, 0.25) is 0 Å². The monoisotopic (exact) mass is 314 g/mol. The van der Waals surface area contributed by atoms with E-state index in [-0.39, 0.29) is 6.04 Å². The molecule has 0 aromatic heterocycles. The highest BCUT2D eigenvalue weighted by Crippen LogP contribution is 2.26. The van der Waals surface area contributed by atoms with E-state index in [1.54, 1.807) is 0 Å². The summed E-state index contributed by atoms with van der Waals surface area (Å²) in [5, 5.41) is 12.6. The summed E-state index contributed by atoms with van der Waals surface area (Å²) in [6, 6.07) is 16.0. The largest absolute Gasteiger partial charge is 0.365 e. The average Bonchev–Trinajstić information content (AvgIpc) is 2.36. The number of nitriles is 1. The lowest BCUT2D eigenvalue weighted by Crippen LogP contribution is -2.09. The molecule has 96 valence electrons. The van der Waals surface area contributed by atoms with Crippen molar-refractivity contribution in [1.29, 1.82) is 5.26 Å². The van der Waals surface area contributed by atoms with Gasteiger partial charge in [-0.1, -0.05) is 41.5 Å². The first-order chi connectivity index (χ1) is 9.10. The van der Waals surface area contributed by atoms with Crippen molar-refractivity contribution in [2.75, 3.05) is 5.32 Å². The minimum atomic E-state index is -0.350. The van der Waals surface area contributed by atoms with Gasteiger partial charge in [0.15, 0.2) is 0 Å². The minimum absolute atomic E-state index is 0.350. The zero-order valence-electron chi connectivity index (χ0n) is 10.9. The van der Waals surface area contributed by atoms with Gasteiger partial charge < -0.3 is 5.32 Å². The Balaban J connectivity index is 2.31. The van der Waals surface area contributed by atoms with E-state index >= 15 is 0 Å². The Morgan fingerprint density at radius 2 is 1.74 bits per heavy atom. The molecule has 2 rings (SSSR count). The fraction of sp³-hybridized carbons (Fsp3) is 0.188. The van der Waals surface area contributed by atoms with Gasteiger partial charge in [0.1, 0.15) is 6.04 Å². The summed E-state index contributed by atoms with van der Waals surface area (Å²) in [4.78, 5) is 0. The van der Waals surface area contributed by atoms with E-state index in [0.717, 1.165) is 15.7 Å². The molecule has 2 nitrogen and oxygen atoms in total. The van der Waals surface area contributed by atoms with Crippen LogP contribution in [-0.4, -0.2) is 0 Å². The number of rotatable bonds is 3. The maximum atomic E-state index is 9.39. The molecule has 0 aliphatic heterocycles. The van der Waals surface area contributed by atoms with E-state index in [9.17, 15) is 5.26 Å². The second kappa shape index (κ2) is 5.90. The predicted octanol–water partition coefficient (Wildman–Crippen LogP) is 4.74. The first-order valence-electron chi connectivity index (χ1n) is 6.09. The third kappa shape index (κ3) is 3.36. The van der Waals surface area contributed by atoms with E-state index in [1.165, 1.54) is 11.1 Å². The van der Waals surface area contributed by atoms with Crippen LogP contribution in [0.3, 0.4) is 0 Å². The first-order valence-corrected chi connectivity index (χ1v) is 6.88. The van der Waals surface area contributed by atoms with Crippen LogP contribution in [0.2, 0.25) is 0 Å². The summed E-state index contributed by atoms with van der Waals surface area (Å²) in [5.41, 5.74) is 4.26. The molecule has 3 heteroatoms. The van der Waals surface area contributed by atoms with Crippen molar-refractivity contribution in [2.45, 2.75) is 19.9 Å². The van der Waals surface area contributed by atoms with Crippen LogP contribution in [0.5, 0.6) is 0 Å². The van der Waals surface area contributed by atoms with Crippen LogP contribution >= 0.6 is 15.9 Å². The normalized spacial score (nSPS) is 11.7. The van der Waals surface area contributed by atoms with Crippen LogP contribution in [0.4, 0.5) is 5.69 Å². The highest BCUT2D eigenvalue weighted by Gasteiger charge is 2.12.